The minimum atomic E-state index is -0.584. The molecule has 10 heteroatoms. The quantitative estimate of drug-likeness (QED) is 0.519. The van der Waals surface area contributed by atoms with Crippen LogP contribution in [-0.4, -0.2) is 76.4 Å². The Morgan fingerprint density at radius 1 is 1.11 bits per heavy atom. The molecule has 1 saturated heterocycles. The summed E-state index contributed by atoms with van der Waals surface area (Å²) in [4.78, 5) is 22.1. The Morgan fingerprint density at radius 3 is 2.50 bits per heavy atom. The Morgan fingerprint density at radius 2 is 1.86 bits per heavy atom. The lowest BCUT2D eigenvalue weighted by Gasteiger charge is -2.33. The molecular formula is C26H34FN9. The van der Waals surface area contributed by atoms with E-state index in [1.165, 1.54) is 6.21 Å². The summed E-state index contributed by atoms with van der Waals surface area (Å²) in [7, 11) is 1.81. The first-order chi connectivity index (χ1) is 17.4. The second-order valence-electron chi connectivity index (χ2n) is 9.21. The topological polar surface area (TPSA) is 105 Å². The van der Waals surface area contributed by atoms with Gasteiger partial charge in [0.15, 0.2) is 5.82 Å². The maximum atomic E-state index is 14.7. The number of pyridine rings is 1. The highest BCUT2D eigenvalue weighted by Crippen LogP contribution is 2.26. The fourth-order valence-electron chi connectivity index (χ4n) is 4.38. The summed E-state index contributed by atoms with van der Waals surface area (Å²) in [5.41, 5.74) is 3.35. The Hall–Kier alpha value is -3.50. The van der Waals surface area contributed by atoms with E-state index >= 15 is 0 Å². The molecule has 2 aliphatic heterocycles. The third-order valence-corrected chi connectivity index (χ3v) is 6.41. The van der Waals surface area contributed by atoms with E-state index < -0.39 is 5.82 Å². The van der Waals surface area contributed by atoms with Crippen molar-refractivity contribution in [3.63, 3.8) is 0 Å². The molecule has 9 nitrogen and oxygen atoms in total. The molecule has 0 bridgehead atoms. The van der Waals surface area contributed by atoms with E-state index in [1.807, 2.05) is 39.2 Å². The number of hydrogen-bond donors (Lipinski definition) is 3. The van der Waals surface area contributed by atoms with E-state index in [2.05, 4.69) is 47.3 Å². The average molecular weight is 492 g/mol. The van der Waals surface area contributed by atoms with Crippen molar-refractivity contribution >= 4 is 29.4 Å². The van der Waals surface area contributed by atoms with Crippen LogP contribution in [-0.2, 0) is 6.54 Å². The Bertz CT molecular complexity index is 1180. The van der Waals surface area contributed by atoms with Crippen molar-refractivity contribution in [3.05, 3.63) is 58.9 Å². The first-order valence-electron chi connectivity index (χ1n) is 12.3. The van der Waals surface area contributed by atoms with Crippen LogP contribution in [0.15, 0.2) is 46.9 Å². The van der Waals surface area contributed by atoms with Crippen molar-refractivity contribution in [2.45, 2.75) is 27.3 Å². The van der Waals surface area contributed by atoms with Gasteiger partial charge in [-0.2, -0.15) is 0 Å². The summed E-state index contributed by atoms with van der Waals surface area (Å²) in [5.74, 6) is 0.380. The maximum absolute atomic E-state index is 14.7. The van der Waals surface area contributed by atoms with Crippen molar-refractivity contribution in [3.8, 4) is 0 Å². The fourth-order valence-corrected chi connectivity index (χ4v) is 4.38. The summed E-state index contributed by atoms with van der Waals surface area (Å²) in [6.45, 7) is 12.5. The summed E-state index contributed by atoms with van der Waals surface area (Å²) in [6.07, 6.45) is 6.08. The number of nitrogens with zero attached hydrogens (tertiary/aromatic N) is 6. The zero-order chi connectivity index (χ0) is 25.7. The molecule has 4 rings (SSSR count). The van der Waals surface area contributed by atoms with E-state index in [4.69, 9.17) is 5.41 Å². The van der Waals surface area contributed by atoms with Crippen molar-refractivity contribution in [2.75, 3.05) is 45.1 Å². The second kappa shape index (κ2) is 11.5. The first kappa shape index (κ1) is 25.6. The minimum absolute atomic E-state index is 0.0656. The van der Waals surface area contributed by atoms with E-state index in [-0.39, 0.29) is 23.3 Å². The highest BCUT2D eigenvalue weighted by molar-refractivity contribution is 6.39. The van der Waals surface area contributed by atoms with E-state index in [9.17, 15) is 4.39 Å². The summed E-state index contributed by atoms with van der Waals surface area (Å²) < 4.78 is 14.7. The molecule has 190 valence electrons. The molecule has 0 spiro atoms. The summed E-state index contributed by atoms with van der Waals surface area (Å²) in [5, 5.41) is 14.5. The van der Waals surface area contributed by atoms with Gasteiger partial charge in [-0.3, -0.25) is 15.3 Å². The van der Waals surface area contributed by atoms with Crippen molar-refractivity contribution in [1.29, 1.82) is 5.41 Å². The molecule has 0 saturated carbocycles. The van der Waals surface area contributed by atoms with Gasteiger partial charge in [-0.1, -0.05) is 26.8 Å². The number of allylic oxidation sites excluding steroid dienone is 3. The maximum Gasteiger partial charge on any atom is 0.229 e. The van der Waals surface area contributed by atoms with Crippen LogP contribution in [0, 0.1) is 17.1 Å². The minimum Gasteiger partial charge on any atom is -0.391 e. The van der Waals surface area contributed by atoms with Crippen LogP contribution in [0.4, 0.5) is 16.2 Å². The zero-order valence-electron chi connectivity index (χ0n) is 21.3. The number of aliphatic imine (C=N–C) groups is 1. The van der Waals surface area contributed by atoms with Gasteiger partial charge in [0.1, 0.15) is 11.5 Å². The number of hydrogen-bond acceptors (Lipinski definition) is 9. The smallest absolute Gasteiger partial charge is 0.229 e. The van der Waals surface area contributed by atoms with Gasteiger partial charge in [-0.05, 0) is 30.2 Å². The number of nitrogens with one attached hydrogen (secondary N) is 3. The van der Waals surface area contributed by atoms with Crippen LogP contribution in [0.3, 0.4) is 0 Å². The van der Waals surface area contributed by atoms with Crippen LogP contribution < -0.4 is 10.6 Å². The average Bonchev–Trinajstić information content (AvgIpc) is 2.88. The molecule has 36 heavy (non-hydrogen) atoms. The molecule has 4 heterocycles. The van der Waals surface area contributed by atoms with Gasteiger partial charge in [0.2, 0.25) is 5.95 Å². The summed E-state index contributed by atoms with van der Waals surface area (Å²) >= 11 is 0. The van der Waals surface area contributed by atoms with Crippen molar-refractivity contribution in [2.24, 2.45) is 10.9 Å². The highest BCUT2D eigenvalue weighted by Gasteiger charge is 2.20. The van der Waals surface area contributed by atoms with E-state index in [1.54, 1.807) is 6.08 Å². The number of anilines is 2. The number of halogens is 1. The van der Waals surface area contributed by atoms with Crippen molar-refractivity contribution < 1.29 is 4.39 Å². The highest BCUT2D eigenvalue weighted by atomic mass is 19.1. The molecule has 2 aliphatic rings. The molecule has 2 aromatic heterocycles. The normalized spacial score (nSPS) is 18.4. The van der Waals surface area contributed by atoms with Crippen LogP contribution in [0.2, 0.25) is 0 Å². The predicted octanol–water partition coefficient (Wildman–Crippen LogP) is 3.47. The van der Waals surface area contributed by atoms with Gasteiger partial charge in [-0.15, -0.1) is 0 Å². The van der Waals surface area contributed by atoms with Crippen LogP contribution in [0.1, 0.15) is 32.0 Å². The van der Waals surface area contributed by atoms with E-state index in [0.717, 1.165) is 56.7 Å². The Balaban J connectivity index is 1.48. The van der Waals surface area contributed by atoms with Crippen LogP contribution in [0.5, 0.6) is 0 Å². The lowest BCUT2D eigenvalue weighted by molar-refractivity contribution is 0.132. The predicted molar refractivity (Wildman–Crippen MR) is 142 cm³/mol. The Kier molecular flexibility index (Phi) is 8.17. The molecule has 0 atom stereocenters. The van der Waals surface area contributed by atoms with Crippen molar-refractivity contribution in [1.82, 2.24) is 30.1 Å². The van der Waals surface area contributed by atoms with Gasteiger partial charge in [-0.25, -0.2) is 19.3 Å². The second-order valence-corrected chi connectivity index (χ2v) is 9.21. The number of rotatable bonds is 8. The molecule has 3 N–H and O–H groups in total. The number of aromatic nitrogens is 3. The molecule has 0 aliphatic carbocycles. The SMILES string of the molecule is CCN1CCN(Cc2ccc(Nc3ncc(F)c(C4=C/C(=C(/NC)C(C)C)C(=N)C=N4)n3)nc2)CC1. The standard InChI is InChI=1S/C26H34FN9/c1-5-35-8-10-36(11-9-35)16-18-6-7-23(31-13-18)33-26-32-14-20(27)25(34-26)22-12-19(21(28)15-30-22)24(29-4)17(2)3/h6-7,12-15,17,28-29H,5,8-11,16H2,1-4H3,(H,31,32,33,34)/b24-19-,28-21?. The third-order valence-electron chi connectivity index (χ3n) is 6.41. The van der Waals surface area contributed by atoms with Gasteiger partial charge in [0, 0.05) is 57.2 Å². The Labute approximate surface area is 211 Å². The molecule has 0 amide bonds. The summed E-state index contributed by atoms with van der Waals surface area (Å²) in [6, 6.07) is 3.92. The molecule has 1 fully saturated rings. The van der Waals surface area contributed by atoms with Gasteiger partial charge in [0.25, 0.3) is 0 Å². The number of piperazine rings is 1. The molecular weight excluding hydrogens is 457 g/mol. The lowest BCUT2D eigenvalue weighted by Crippen LogP contribution is -2.45. The number of likely N-dealkylation sites (N-methyl/N-ethyl adjacent to an activating group) is 1. The van der Waals surface area contributed by atoms with Gasteiger partial charge >= 0.3 is 0 Å². The van der Waals surface area contributed by atoms with Crippen LogP contribution >= 0.6 is 0 Å². The largest absolute Gasteiger partial charge is 0.391 e. The van der Waals surface area contributed by atoms with Crippen LogP contribution in [0.25, 0.3) is 5.70 Å². The lowest BCUT2D eigenvalue weighted by atomic mass is 9.97. The van der Waals surface area contributed by atoms with Gasteiger partial charge in [0.05, 0.1) is 23.8 Å². The fraction of sp³-hybridized carbons (Fsp3) is 0.423. The van der Waals surface area contributed by atoms with Gasteiger partial charge < -0.3 is 15.5 Å². The third kappa shape index (κ3) is 6.00. The van der Waals surface area contributed by atoms with E-state index in [0.29, 0.717) is 17.1 Å². The first-order valence-corrected chi connectivity index (χ1v) is 12.3. The molecule has 0 aromatic carbocycles. The monoisotopic (exact) mass is 491 g/mol. The zero-order valence-corrected chi connectivity index (χ0v) is 21.3. The molecule has 0 radical (unpaired) electrons. The molecule has 0 unspecified atom stereocenters. The molecule has 2 aromatic rings.